The summed E-state index contributed by atoms with van der Waals surface area (Å²) < 4.78 is 41.2. The molecule has 0 radical (unpaired) electrons. The summed E-state index contributed by atoms with van der Waals surface area (Å²) in [5, 5.41) is 0. The molecule has 2 aromatic heterocycles. The number of alkyl halides is 3. The highest BCUT2D eigenvalue weighted by atomic mass is 19.4. The van der Waals surface area contributed by atoms with Crippen LogP contribution >= 0.6 is 0 Å². The number of nitrogens with zero attached hydrogens (tertiary/aromatic N) is 5. The number of hydrogen-bond donors (Lipinski definition) is 0. The molecule has 0 aliphatic carbocycles. The van der Waals surface area contributed by atoms with Gasteiger partial charge in [-0.1, -0.05) is 6.92 Å². The third-order valence-electron chi connectivity index (χ3n) is 3.94. The molecule has 2 rings (SSSR count). The molecule has 0 fully saturated rings. The normalized spacial score (nSPS) is 12.5. The Balaban J connectivity index is 2.17. The minimum Gasteiger partial charge on any atom is -0.325 e. The van der Waals surface area contributed by atoms with Crippen LogP contribution in [0.15, 0.2) is 15.9 Å². The quantitative estimate of drug-likeness (QED) is 0.772. The fourth-order valence-corrected chi connectivity index (χ4v) is 2.63. The summed E-state index contributed by atoms with van der Waals surface area (Å²) in [4.78, 5) is 29.5. The van der Waals surface area contributed by atoms with Gasteiger partial charge in [0.2, 0.25) is 0 Å². The van der Waals surface area contributed by atoms with E-state index in [1.807, 2.05) is 0 Å². The van der Waals surface area contributed by atoms with Gasteiger partial charge in [0, 0.05) is 27.2 Å². The third-order valence-corrected chi connectivity index (χ3v) is 3.94. The van der Waals surface area contributed by atoms with E-state index in [1.165, 1.54) is 29.9 Å². The lowest BCUT2D eigenvalue weighted by Crippen LogP contribution is -2.37. The van der Waals surface area contributed by atoms with Crippen molar-refractivity contribution in [3.63, 3.8) is 0 Å². The van der Waals surface area contributed by atoms with Crippen LogP contribution in [-0.4, -0.2) is 49.4 Å². The van der Waals surface area contributed by atoms with Crippen molar-refractivity contribution in [2.24, 2.45) is 14.1 Å². The van der Waals surface area contributed by atoms with Gasteiger partial charge in [-0.05, 0) is 13.0 Å². The number of fused-ring (bicyclic) bond motifs is 1. The number of hydrogen-bond acceptors (Lipinski definition) is 4. The van der Waals surface area contributed by atoms with Gasteiger partial charge in [-0.3, -0.25) is 18.8 Å². The predicted octanol–water partition coefficient (Wildman–Crippen LogP) is 0.708. The molecular formula is C14H20F3N5O2. The molecule has 2 heterocycles. The van der Waals surface area contributed by atoms with Crippen molar-refractivity contribution in [1.82, 2.24) is 23.6 Å². The van der Waals surface area contributed by atoms with Gasteiger partial charge in [0.05, 0.1) is 12.9 Å². The Morgan fingerprint density at radius 2 is 1.88 bits per heavy atom. The molecule has 0 N–H and O–H groups in total. The van der Waals surface area contributed by atoms with Crippen LogP contribution in [-0.2, 0) is 20.6 Å². The Bertz CT molecular complexity index is 834. The largest absolute Gasteiger partial charge is 0.401 e. The minimum atomic E-state index is -4.23. The zero-order chi connectivity index (χ0) is 18.1. The van der Waals surface area contributed by atoms with E-state index in [1.54, 1.807) is 11.5 Å². The van der Waals surface area contributed by atoms with E-state index in [4.69, 9.17) is 0 Å². The van der Waals surface area contributed by atoms with E-state index in [2.05, 4.69) is 4.98 Å². The zero-order valence-corrected chi connectivity index (χ0v) is 13.8. The second-order valence-electron chi connectivity index (χ2n) is 5.65. The molecule has 0 amide bonds. The maximum absolute atomic E-state index is 12.4. The van der Waals surface area contributed by atoms with Gasteiger partial charge >= 0.3 is 11.9 Å². The van der Waals surface area contributed by atoms with Crippen molar-refractivity contribution in [3.8, 4) is 0 Å². The van der Waals surface area contributed by atoms with Crippen LogP contribution in [0, 0.1) is 0 Å². The first-order valence-corrected chi connectivity index (χ1v) is 7.55. The van der Waals surface area contributed by atoms with Gasteiger partial charge < -0.3 is 4.57 Å². The topological polar surface area (TPSA) is 65.1 Å². The van der Waals surface area contributed by atoms with Crippen LogP contribution in [0.5, 0.6) is 0 Å². The first-order valence-electron chi connectivity index (χ1n) is 7.55. The van der Waals surface area contributed by atoms with Crippen molar-refractivity contribution in [2.45, 2.75) is 26.1 Å². The van der Waals surface area contributed by atoms with Gasteiger partial charge in [0.1, 0.15) is 0 Å². The lowest BCUT2D eigenvalue weighted by molar-refractivity contribution is -0.145. The second-order valence-corrected chi connectivity index (χ2v) is 5.65. The Morgan fingerprint density at radius 1 is 1.21 bits per heavy atom. The minimum absolute atomic E-state index is 0.252. The van der Waals surface area contributed by atoms with Crippen molar-refractivity contribution >= 4 is 11.2 Å². The van der Waals surface area contributed by atoms with Crippen molar-refractivity contribution in [1.29, 1.82) is 0 Å². The second kappa shape index (κ2) is 6.80. The molecule has 0 unspecified atom stereocenters. The Kier molecular flexibility index (Phi) is 5.16. The molecule has 7 nitrogen and oxygen atoms in total. The molecule has 24 heavy (non-hydrogen) atoms. The fraction of sp³-hybridized carbons (Fsp3) is 0.643. The number of aryl methyl sites for hydroxylation is 2. The summed E-state index contributed by atoms with van der Waals surface area (Å²) in [7, 11) is 2.90. The van der Waals surface area contributed by atoms with Gasteiger partial charge in [-0.15, -0.1) is 0 Å². The third kappa shape index (κ3) is 3.69. The predicted molar refractivity (Wildman–Crippen MR) is 83.0 cm³/mol. The van der Waals surface area contributed by atoms with Crippen LogP contribution < -0.4 is 11.2 Å². The first-order chi connectivity index (χ1) is 11.2. The molecule has 0 aliphatic heterocycles. The molecule has 0 spiro atoms. The average molecular weight is 347 g/mol. The zero-order valence-electron chi connectivity index (χ0n) is 13.8. The first kappa shape index (κ1) is 18.2. The van der Waals surface area contributed by atoms with Crippen molar-refractivity contribution in [2.75, 3.05) is 19.6 Å². The van der Waals surface area contributed by atoms with Gasteiger partial charge in [0.15, 0.2) is 11.2 Å². The molecule has 0 bridgehead atoms. The summed E-state index contributed by atoms with van der Waals surface area (Å²) in [6.07, 6.45) is -2.36. The molecule has 0 aromatic carbocycles. The van der Waals surface area contributed by atoms with Crippen molar-refractivity contribution < 1.29 is 13.2 Å². The summed E-state index contributed by atoms with van der Waals surface area (Å²) in [6, 6.07) is 0. The highest BCUT2D eigenvalue weighted by Gasteiger charge is 2.29. The maximum atomic E-state index is 12.4. The Hall–Kier alpha value is -2.10. The standard InChI is InChI=1S/C14H20F3N5O2/c1-4-21(8-14(15,16)17)6-5-7-22-9-18-11-10(22)12(23)20(3)13(24)19(11)2/h9H,4-8H2,1-3H3. The molecular weight excluding hydrogens is 327 g/mol. The molecule has 0 saturated carbocycles. The molecule has 0 atom stereocenters. The average Bonchev–Trinajstić information content (AvgIpc) is 2.92. The number of aromatic nitrogens is 4. The van der Waals surface area contributed by atoms with E-state index >= 15 is 0 Å². The van der Waals surface area contributed by atoms with Crippen LogP contribution in [0.1, 0.15) is 13.3 Å². The Labute approximate surface area is 135 Å². The van der Waals surface area contributed by atoms with Crippen LogP contribution in [0.3, 0.4) is 0 Å². The molecule has 10 heteroatoms. The van der Waals surface area contributed by atoms with E-state index in [-0.39, 0.29) is 17.7 Å². The van der Waals surface area contributed by atoms with E-state index in [0.29, 0.717) is 19.5 Å². The summed E-state index contributed by atoms with van der Waals surface area (Å²) in [5.74, 6) is 0. The van der Waals surface area contributed by atoms with E-state index in [9.17, 15) is 22.8 Å². The number of imidazole rings is 1. The van der Waals surface area contributed by atoms with Crippen molar-refractivity contribution in [3.05, 3.63) is 27.2 Å². The summed E-state index contributed by atoms with van der Waals surface area (Å²) in [5.41, 5.74) is -0.391. The monoisotopic (exact) mass is 347 g/mol. The van der Waals surface area contributed by atoms with Crippen LogP contribution in [0.25, 0.3) is 11.2 Å². The molecule has 2 aromatic rings. The maximum Gasteiger partial charge on any atom is 0.401 e. The van der Waals surface area contributed by atoms with E-state index in [0.717, 1.165) is 4.57 Å². The molecule has 0 saturated heterocycles. The lowest BCUT2D eigenvalue weighted by atomic mass is 10.3. The van der Waals surface area contributed by atoms with Crippen LogP contribution in [0.2, 0.25) is 0 Å². The van der Waals surface area contributed by atoms with Crippen LogP contribution in [0.4, 0.5) is 13.2 Å². The summed E-state index contributed by atoms with van der Waals surface area (Å²) >= 11 is 0. The van der Waals surface area contributed by atoms with Gasteiger partial charge in [0.25, 0.3) is 5.56 Å². The Morgan fingerprint density at radius 3 is 2.46 bits per heavy atom. The van der Waals surface area contributed by atoms with Gasteiger partial charge in [-0.2, -0.15) is 13.2 Å². The highest BCUT2D eigenvalue weighted by molar-refractivity contribution is 5.69. The number of rotatable bonds is 6. The summed E-state index contributed by atoms with van der Waals surface area (Å²) in [6.45, 7) is 1.61. The molecule has 0 aliphatic rings. The number of halogens is 3. The van der Waals surface area contributed by atoms with E-state index < -0.39 is 24.0 Å². The fourth-order valence-electron chi connectivity index (χ4n) is 2.63. The highest BCUT2D eigenvalue weighted by Crippen LogP contribution is 2.16. The molecule has 134 valence electrons. The van der Waals surface area contributed by atoms with Gasteiger partial charge in [-0.25, -0.2) is 9.78 Å². The lowest BCUT2D eigenvalue weighted by Gasteiger charge is -2.21. The SMILES string of the molecule is CCN(CCCn1cnc2c1c(=O)n(C)c(=O)n2C)CC(F)(F)F. The smallest absolute Gasteiger partial charge is 0.325 e.